The van der Waals surface area contributed by atoms with E-state index in [-0.39, 0.29) is 12.3 Å². The van der Waals surface area contributed by atoms with Crippen molar-refractivity contribution in [1.29, 1.82) is 0 Å². The van der Waals surface area contributed by atoms with Crippen molar-refractivity contribution in [3.05, 3.63) is 29.2 Å². The molecule has 0 unspecified atom stereocenters. The number of carbonyl (C=O) groups is 1. The normalized spacial score (nSPS) is 11.4. The number of carbonyl (C=O) groups excluding carboxylic acids is 1. The highest BCUT2D eigenvalue weighted by Gasteiger charge is 2.24. The standard InChI is InChI=1S/C16H17NO4/c1-8-5-10-13(12(18)7-17-3)14-11(6-9(2)20-14)15(19-4)16(10)21-8/h5-6,17H,7H2,1-4H3. The van der Waals surface area contributed by atoms with Gasteiger partial charge in [-0.15, -0.1) is 0 Å². The van der Waals surface area contributed by atoms with E-state index in [0.717, 1.165) is 22.3 Å². The molecular formula is C16H17NO4. The van der Waals surface area contributed by atoms with Crippen molar-refractivity contribution in [1.82, 2.24) is 5.32 Å². The molecule has 2 heterocycles. The average Bonchev–Trinajstić information content (AvgIpc) is 2.97. The van der Waals surface area contributed by atoms with E-state index in [0.29, 0.717) is 22.5 Å². The second-order valence-corrected chi connectivity index (χ2v) is 5.06. The molecular weight excluding hydrogens is 270 g/mol. The van der Waals surface area contributed by atoms with Crippen LogP contribution in [0.15, 0.2) is 21.0 Å². The molecule has 2 aromatic heterocycles. The zero-order chi connectivity index (χ0) is 15.1. The van der Waals surface area contributed by atoms with E-state index in [1.54, 1.807) is 14.2 Å². The molecule has 0 spiro atoms. The maximum atomic E-state index is 12.5. The Morgan fingerprint density at radius 2 is 1.76 bits per heavy atom. The third kappa shape index (κ3) is 2.01. The number of hydrogen-bond acceptors (Lipinski definition) is 5. The number of furan rings is 2. The number of aryl methyl sites for hydroxylation is 2. The monoisotopic (exact) mass is 287 g/mol. The van der Waals surface area contributed by atoms with Gasteiger partial charge in [-0.2, -0.15) is 0 Å². The smallest absolute Gasteiger partial charge is 0.181 e. The number of ketones is 1. The zero-order valence-corrected chi connectivity index (χ0v) is 12.5. The fraction of sp³-hybridized carbons (Fsp3) is 0.312. The Morgan fingerprint density at radius 1 is 1.14 bits per heavy atom. The van der Waals surface area contributed by atoms with E-state index in [4.69, 9.17) is 13.6 Å². The molecule has 21 heavy (non-hydrogen) atoms. The second-order valence-electron chi connectivity index (χ2n) is 5.06. The van der Waals surface area contributed by atoms with Crippen LogP contribution in [0, 0.1) is 13.8 Å². The van der Waals surface area contributed by atoms with Gasteiger partial charge in [0.1, 0.15) is 17.1 Å². The van der Waals surface area contributed by atoms with E-state index in [1.165, 1.54) is 0 Å². The van der Waals surface area contributed by atoms with Crippen LogP contribution in [0.1, 0.15) is 21.9 Å². The molecule has 5 nitrogen and oxygen atoms in total. The summed E-state index contributed by atoms with van der Waals surface area (Å²) in [6, 6.07) is 3.71. The lowest BCUT2D eigenvalue weighted by atomic mass is 10.0. The molecule has 0 bridgehead atoms. The molecule has 0 saturated carbocycles. The number of rotatable bonds is 4. The van der Waals surface area contributed by atoms with Crippen molar-refractivity contribution >= 4 is 27.7 Å². The summed E-state index contributed by atoms with van der Waals surface area (Å²) in [6.45, 7) is 3.93. The summed E-state index contributed by atoms with van der Waals surface area (Å²) < 4.78 is 17.0. The topological polar surface area (TPSA) is 64.6 Å². The first kappa shape index (κ1) is 13.7. The van der Waals surface area contributed by atoms with E-state index < -0.39 is 0 Å². The first-order chi connectivity index (χ1) is 10.1. The summed E-state index contributed by atoms with van der Waals surface area (Å²) >= 11 is 0. The molecule has 0 amide bonds. The minimum atomic E-state index is -0.0368. The third-order valence-electron chi connectivity index (χ3n) is 3.48. The van der Waals surface area contributed by atoms with E-state index in [2.05, 4.69) is 5.32 Å². The first-order valence-electron chi connectivity index (χ1n) is 6.74. The summed E-state index contributed by atoms with van der Waals surface area (Å²) in [6.07, 6.45) is 0. The van der Waals surface area contributed by atoms with Crippen LogP contribution in [0.3, 0.4) is 0 Å². The minimum absolute atomic E-state index is 0.0368. The predicted molar refractivity (Wildman–Crippen MR) is 80.3 cm³/mol. The maximum absolute atomic E-state index is 12.5. The Bertz CT molecular complexity index is 783. The van der Waals surface area contributed by atoms with Gasteiger partial charge in [-0.25, -0.2) is 0 Å². The molecule has 0 aliphatic carbocycles. The molecule has 0 aliphatic heterocycles. The summed E-state index contributed by atoms with van der Waals surface area (Å²) in [5.74, 6) is 2.02. The highest BCUT2D eigenvalue weighted by atomic mass is 16.5. The lowest BCUT2D eigenvalue weighted by Crippen LogP contribution is -2.19. The fourth-order valence-electron chi connectivity index (χ4n) is 2.71. The van der Waals surface area contributed by atoms with Gasteiger partial charge in [0.25, 0.3) is 0 Å². The largest absolute Gasteiger partial charge is 0.492 e. The molecule has 3 aromatic rings. The highest BCUT2D eigenvalue weighted by Crippen LogP contribution is 2.41. The number of fused-ring (bicyclic) bond motifs is 2. The second kappa shape index (κ2) is 4.93. The number of methoxy groups -OCH3 is 1. The van der Waals surface area contributed by atoms with E-state index in [1.807, 2.05) is 26.0 Å². The Morgan fingerprint density at radius 3 is 2.38 bits per heavy atom. The molecule has 0 aliphatic rings. The number of nitrogens with one attached hydrogen (secondary N) is 1. The Labute approximate surface area is 121 Å². The summed E-state index contributed by atoms with van der Waals surface area (Å²) in [5.41, 5.74) is 1.68. The van der Waals surface area contributed by atoms with Crippen LogP contribution in [0.4, 0.5) is 0 Å². The number of ether oxygens (including phenoxy) is 1. The molecule has 0 fully saturated rings. The Hall–Kier alpha value is -2.27. The van der Waals surface area contributed by atoms with Crippen LogP contribution < -0.4 is 10.1 Å². The van der Waals surface area contributed by atoms with Gasteiger partial charge in [-0.1, -0.05) is 0 Å². The van der Waals surface area contributed by atoms with Crippen molar-refractivity contribution in [2.75, 3.05) is 20.7 Å². The van der Waals surface area contributed by atoms with Crippen LogP contribution in [0.25, 0.3) is 21.9 Å². The van der Waals surface area contributed by atoms with Gasteiger partial charge < -0.3 is 18.9 Å². The zero-order valence-electron chi connectivity index (χ0n) is 12.5. The number of hydrogen-bond donors (Lipinski definition) is 1. The van der Waals surface area contributed by atoms with Crippen LogP contribution in [-0.2, 0) is 0 Å². The van der Waals surface area contributed by atoms with Crippen molar-refractivity contribution < 1.29 is 18.4 Å². The van der Waals surface area contributed by atoms with Crippen LogP contribution in [0.5, 0.6) is 5.75 Å². The lowest BCUT2D eigenvalue weighted by molar-refractivity contribution is 0.0995. The maximum Gasteiger partial charge on any atom is 0.181 e. The number of likely N-dealkylation sites (N-methyl/N-ethyl adjacent to an activating group) is 1. The summed E-state index contributed by atoms with van der Waals surface area (Å²) in [7, 11) is 3.33. The SMILES string of the molecule is CNCC(=O)c1c2cc(C)oc2c(OC)c2cc(C)oc12. The van der Waals surface area contributed by atoms with Gasteiger partial charge in [0.15, 0.2) is 17.1 Å². The molecule has 1 aromatic carbocycles. The molecule has 5 heteroatoms. The molecule has 110 valence electrons. The third-order valence-corrected chi connectivity index (χ3v) is 3.48. The van der Waals surface area contributed by atoms with Gasteiger partial charge in [0.05, 0.1) is 24.6 Å². The molecule has 1 N–H and O–H groups in total. The van der Waals surface area contributed by atoms with Gasteiger partial charge >= 0.3 is 0 Å². The number of benzene rings is 1. The van der Waals surface area contributed by atoms with Crippen LogP contribution in [-0.4, -0.2) is 26.5 Å². The Balaban J connectivity index is 2.48. The van der Waals surface area contributed by atoms with Crippen molar-refractivity contribution in [3.8, 4) is 5.75 Å². The van der Waals surface area contributed by atoms with Gasteiger partial charge in [-0.05, 0) is 33.0 Å². The van der Waals surface area contributed by atoms with Crippen molar-refractivity contribution in [2.24, 2.45) is 0 Å². The van der Waals surface area contributed by atoms with Crippen molar-refractivity contribution in [3.63, 3.8) is 0 Å². The molecule has 0 atom stereocenters. The van der Waals surface area contributed by atoms with Gasteiger partial charge in [0, 0.05) is 5.39 Å². The predicted octanol–water partition coefficient (Wildman–Crippen LogP) is 3.21. The van der Waals surface area contributed by atoms with Crippen LogP contribution in [0.2, 0.25) is 0 Å². The van der Waals surface area contributed by atoms with Crippen LogP contribution >= 0.6 is 0 Å². The lowest BCUT2D eigenvalue weighted by Gasteiger charge is -2.07. The summed E-state index contributed by atoms with van der Waals surface area (Å²) in [4.78, 5) is 12.5. The quantitative estimate of drug-likeness (QED) is 0.746. The van der Waals surface area contributed by atoms with Gasteiger partial charge in [-0.3, -0.25) is 4.79 Å². The first-order valence-corrected chi connectivity index (χ1v) is 6.74. The van der Waals surface area contributed by atoms with Gasteiger partial charge in [0.2, 0.25) is 0 Å². The molecule has 3 rings (SSSR count). The highest BCUT2D eigenvalue weighted by molar-refractivity contribution is 6.19. The molecule has 0 radical (unpaired) electrons. The van der Waals surface area contributed by atoms with Crippen molar-refractivity contribution in [2.45, 2.75) is 13.8 Å². The Kier molecular flexibility index (Phi) is 3.22. The average molecular weight is 287 g/mol. The fourth-order valence-corrected chi connectivity index (χ4v) is 2.71. The molecule has 0 saturated heterocycles. The van der Waals surface area contributed by atoms with E-state index >= 15 is 0 Å². The number of Topliss-reactive ketones (excluding diaryl/α,β-unsaturated/α-hetero) is 1. The van der Waals surface area contributed by atoms with E-state index in [9.17, 15) is 4.79 Å². The minimum Gasteiger partial charge on any atom is -0.492 e. The summed E-state index contributed by atoms with van der Waals surface area (Å²) in [5, 5.41) is 4.37.